The monoisotopic (exact) mass is 369 g/mol. The smallest absolute Gasteiger partial charge is 0.249 e. The average Bonchev–Trinajstić information content (AvgIpc) is 2.62. The number of hydrogen-bond acceptors (Lipinski definition) is 4. The largest absolute Gasteiger partial charge is 0.361 e. The van der Waals surface area contributed by atoms with E-state index in [0.717, 1.165) is 23.5 Å². The zero-order valence-electron chi connectivity index (χ0n) is 16.1. The summed E-state index contributed by atoms with van der Waals surface area (Å²) in [6.45, 7) is 6.41. The lowest BCUT2D eigenvalue weighted by Crippen LogP contribution is -2.51. The summed E-state index contributed by atoms with van der Waals surface area (Å²) in [5, 5.41) is 0. The third kappa shape index (κ3) is 3.83. The van der Waals surface area contributed by atoms with E-state index in [1.54, 1.807) is 16.8 Å². The second-order valence-electron chi connectivity index (χ2n) is 7.37. The molecule has 1 amide bonds. The molecule has 1 atom stereocenters. The minimum absolute atomic E-state index is 0.104. The van der Waals surface area contributed by atoms with Gasteiger partial charge in [0.15, 0.2) is 0 Å². The predicted molar refractivity (Wildman–Crippen MR) is 112 cm³/mol. The van der Waals surface area contributed by atoms with E-state index in [0.29, 0.717) is 5.92 Å². The Morgan fingerprint density at radius 3 is 2.42 bits per heavy atom. The molecule has 26 heavy (non-hydrogen) atoms. The fourth-order valence-corrected chi connectivity index (χ4v) is 3.89. The fraction of sp³-hybridized carbons (Fsp3) is 0.381. The van der Waals surface area contributed by atoms with Gasteiger partial charge in [0.05, 0.1) is 11.4 Å². The minimum Gasteiger partial charge on any atom is -0.361 e. The van der Waals surface area contributed by atoms with Gasteiger partial charge >= 0.3 is 0 Å². The summed E-state index contributed by atoms with van der Waals surface area (Å²) >= 11 is 1.60. The molecule has 0 fully saturated rings. The van der Waals surface area contributed by atoms with Crippen molar-refractivity contribution in [3.63, 3.8) is 0 Å². The number of anilines is 3. The standard InChI is InChI=1S/C21H27N3OS/c1-14(2)12-20-21(25)24(5)18-11-8-16(13-19(18)23(20)4)22-26-17-9-6-15(3)7-10-17/h6-11,13-14,20,22H,12H2,1-5H3. The average molecular weight is 370 g/mol. The Bertz CT molecular complexity index is 788. The van der Waals surface area contributed by atoms with Crippen LogP contribution in [0.25, 0.3) is 0 Å². The molecular formula is C21H27N3OS. The van der Waals surface area contributed by atoms with Crippen LogP contribution in [0.5, 0.6) is 0 Å². The van der Waals surface area contributed by atoms with Crippen LogP contribution >= 0.6 is 11.9 Å². The van der Waals surface area contributed by atoms with Crippen molar-refractivity contribution in [3.8, 4) is 0 Å². The van der Waals surface area contributed by atoms with Crippen molar-refractivity contribution in [2.45, 2.75) is 38.1 Å². The molecular weight excluding hydrogens is 342 g/mol. The van der Waals surface area contributed by atoms with Crippen LogP contribution in [-0.2, 0) is 4.79 Å². The van der Waals surface area contributed by atoms with E-state index >= 15 is 0 Å². The molecule has 0 spiro atoms. The summed E-state index contributed by atoms with van der Waals surface area (Å²) in [5.74, 6) is 0.642. The van der Waals surface area contributed by atoms with Crippen molar-refractivity contribution in [2.75, 3.05) is 28.6 Å². The highest BCUT2D eigenvalue weighted by atomic mass is 32.2. The molecule has 2 aromatic rings. The van der Waals surface area contributed by atoms with Crippen molar-refractivity contribution in [1.29, 1.82) is 0 Å². The topological polar surface area (TPSA) is 35.6 Å². The molecule has 4 nitrogen and oxygen atoms in total. The lowest BCUT2D eigenvalue weighted by atomic mass is 9.98. The molecule has 0 radical (unpaired) electrons. The highest BCUT2D eigenvalue weighted by molar-refractivity contribution is 8.00. The first-order valence-corrected chi connectivity index (χ1v) is 9.82. The Morgan fingerprint density at radius 2 is 1.77 bits per heavy atom. The Hall–Kier alpha value is -2.14. The van der Waals surface area contributed by atoms with Crippen molar-refractivity contribution in [2.24, 2.45) is 5.92 Å². The van der Waals surface area contributed by atoms with Gasteiger partial charge in [-0.15, -0.1) is 0 Å². The molecule has 0 bridgehead atoms. The normalized spacial score (nSPS) is 16.8. The number of amides is 1. The lowest BCUT2D eigenvalue weighted by molar-refractivity contribution is -0.120. The van der Waals surface area contributed by atoms with Gasteiger partial charge in [0.1, 0.15) is 6.04 Å². The molecule has 0 saturated heterocycles. The van der Waals surface area contributed by atoms with Crippen LogP contribution < -0.4 is 14.5 Å². The second kappa shape index (κ2) is 7.62. The molecule has 1 N–H and O–H groups in total. The van der Waals surface area contributed by atoms with Crippen LogP contribution in [0.4, 0.5) is 17.1 Å². The summed E-state index contributed by atoms with van der Waals surface area (Å²) in [5.41, 5.74) is 4.34. The van der Waals surface area contributed by atoms with Gasteiger partial charge in [0, 0.05) is 24.7 Å². The summed E-state index contributed by atoms with van der Waals surface area (Å²) in [7, 11) is 3.89. The zero-order valence-corrected chi connectivity index (χ0v) is 16.9. The summed E-state index contributed by atoms with van der Waals surface area (Å²) in [4.78, 5) is 17.8. The van der Waals surface area contributed by atoms with Crippen molar-refractivity contribution < 1.29 is 4.79 Å². The molecule has 1 aliphatic heterocycles. The fourth-order valence-electron chi connectivity index (χ4n) is 3.26. The SMILES string of the molecule is Cc1ccc(SNc2ccc3c(c2)N(C)C(CC(C)C)C(=O)N3C)cc1. The Balaban J connectivity index is 1.81. The van der Waals surface area contributed by atoms with E-state index in [-0.39, 0.29) is 11.9 Å². The van der Waals surface area contributed by atoms with Gasteiger partial charge in [-0.3, -0.25) is 4.79 Å². The van der Waals surface area contributed by atoms with Crippen LogP contribution in [0.3, 0.4) is 0 Å². The molecule has 5 heteroatoms. The number of nitrogens with zero attached hydrogens (tertiary/aromatic N) is 2. The first-order chi connectivity index (χ1) is 12.4. The Morgan fingerprint density at radius 1 is 1.08 bits per heavy atom. The van der Waals surface area contributed by atoms with Gasteiger partial charge in [0.2, 0.25) is 5.91 Å². The number of carbonyl (C=O) groups is 1. The van der Waals surface area contributed by atoms with Crippen LogP contribution in [0.2, 0.25) is 0 Å². The van der Waals surface area contributed by atoms with Crippen molar-refractivity contribution in [1.82, 2.24) is 0 Å². The Labute approximate surface area is 160 Å². The van der Waals surface area contributed by atoms with Crippen LogP contribution in [0, 0.1) is 12.8 Å². The maximum absolute atomic E-state index is 12.7. The molecule has 0 aliphatic carbocycles. The number of fused-ring (bicyclic) bond motifs is 1. The molecule has 2 aromatic carbocycles. The van der Waals surface area contributed by atoms with Crippen LogP contribution in [0.15, 0.2) is 47.4 Å². The highest BCUT2D eigenvalue weighted by Crippen LogP contribution is 2.38. The molecule has 1 heterocycles. The lowest BCUT2D eigenvalue weighted by Gasteiger charge is -2.40. The van der Waals surface area contributed by atoms with Crippen LogP contribution in [-0.4, -0.2) is 26.0 Å². The maximum atomic E-state index is 12.7. The molecule has 0 aromatic heterocycles. The number of hydrogen-bond donors (Lipinski definition) is 1. The van der Waals surface area contributed by atoms with E-state index in [4.69, 9.17) is 0 Å². The third-order valence-electron chi connectivity index (χ3n) is 4.80. The van der Waals surface area contributed by atoms with Gasteiger partial charge < -0.3 is 14.5 Å². The van der Waals surface area contributed by atoms with Crippen LogP contribution in [0.1, 0.15) is 25.8 Å². The second-order valence-corrected chi connectivity index (χ2v) is 8.25. The number of nitrogens with one attached hydrogen (secondary N) is 1. The minimum atomic E-state index is -0.104. The number of rotatable bonds is 5. The first-order valence-electron chi connectivity index (χ1n) is 9.01. The van der Waals surface area contributed by atoms with Gasteiger partial charge in [-0.2, -0.15) is 0 Å². The first kappa shape index (κ1) is 18.6. The third-order valence-corrected chi connectivity index (χ3v) is 5.65. The quantitative estimate of drug-likeness (QED) is 0.757. The zero-order chi connectivity index (χ0) is 18.8. The van der Waals surface area contributed by atoms with Gasteiger partial charge in [-0.1, -0.05) is 31.5 Å². The van der Waals surface area contributed by atoms with E-state index in [2.05, 4.69) is 60.7 Å². The summed E-state index contributed by atoms with van der Waals surface area (Å²) in [6.07, 6.45) is 0.856. The molecule has 0 saturated carbocycles. The molecule has 138 valence electrons. The number of aryl methyl sites for hydroxylation is 1. The summed E-state index contributed by atoms with van der Waals surface area (Å²) in [6, 6.07) is 14.5. The van der Waals surface area contributed by atoms with Crippen molar-refractivity contribution in [3.05, 3.63) is 48.0 Å². The van der Waals surface area contributed by atoms with E-state index in [9.17, 15) is 4.79 Å². The molecule has 1 aliphatic rings. The van der Waals surface area contributed by atoms with Gasteiger partial charge in [-0.25, -0.2) is 0 Å². The van der Waals surface area contributed by atoms with E-state index < -0.39 is 0 Å². The number of carbonyl (C=O) groups excluding carboxylic acids is 1. The van der Waals surface area contributed by atoms with E-state index in [1.165, 1.54) is 10.5 Å². The van der Waals surface area contributed by atoms with Gasteiger partial charge in [0.25, 0.3) is 0 Å². The highest BCUT2D eigenvalue weighted by Gasteiger charge is 2.34. The number of likely N-dealkylation sites (N-methyl/N-ethyl adjacent to an activating group) is 2. The number of benzene rings is 2. The molecule has 1 unspecified atom stereocenters. The van der Waals surface area contributed by atoms with Gasteiger partial charge in [-0.05, 0) is 61.5 Å². The predicted octanol–water partition coefficient (Wildman–Crippen LogP) is 4.94. The molecule has 3 rings (SSSR count). The maximum Gasteiger partial charge on any atom is 0.249 e. The van der Waals surface area contributed by atoms with E-state index in [1.807, 2.05) is 26.2 Å². The Kier molecular flexibility index (Phi) is 5.47. The summed E-state index contributed by atoms with van der Waals surface area (Å²) < 4.78 is 3.42. The van der Waals surface area contributed by atoms with Crippen molar-refractivity contribution >= 4 is 34.9 Å².